The Morgan fingerprint density at radius 1 is 1.15 bits per heavy atom. The molecule has 1 aliphatic carbocycles. The number of benzene rings is 1. The van der Waals surface area contributed by atoms with Crippen LogP contribution in [0.25, 0.3) is 0 Å². The van der Waals surface area contributed by atoms with Crippen molar-refractivity contribution in [1.82, 2.24) is 15.5 Å². The predicted molar refractivity (Wildman–Crippen MR) is 148 cm³/mol. The summed E-state index contributed by atoms with van der Waals surface area (Å²) in [5, 5.41) is 16.7. The normalized spacial score (nSPS) is 23.5. The second-order valence-corrected chi connectivity index (χ2v) is 9.71. The van der Waals surface area contributed by atoms with Crippen LogP contribution in [-0.2, 0) is 0 Å². The van der Waals surface area contributed by atoms with Gasteiger partial charge in [-0.3, -0.25) is 9.89 Å². The van der Waals surface area contributed by atoms with Gasteiger partial charge in [-0.25, -0.2) is 0 Å². The molecular formula is C26H45IN4O2. The van der Waals surface area contributed by atoms with Gasteiger partial charge in [-0.05, 0) is 81.6 Å². The molecule has 7 heteroatoms. The molecule has 1 saturated heterocycles. The third-order valence-corrected chi connectivity index (χ3v) is 7.47. The van der Waals surface area contributed by atoms with Gasteiger partial charge in [0.15, 0.2) is 5.96 Å². The maximum Gasteiger partial charge on any atom is 0.191 e. The number of likely N-dealkylation sites (tertiary alicyclic amines) is 1. The summed E-state index contributed by atoms with van der Waals surface area (Å²) in [6, 6.07) is 8.94. The summed E-state index contributed by atoms with van der Waals surface area (Å²) >= 11 is 0. The lowest BCUT2D eigenvalue weighted by Gasteiger charge is -2.40. The molecule has 1 heterocycles. The van der Waals surface area contributed by atoms with Crippen molar-refractivity contribution < 1.29 is 9.84 Å². The van der Waals surface area contributed by atoms with E-state index in [0.29, 0.717) is 12.0 Å². The molecule has 6 nitrogen and oxygen atoms in total. The van der Waals surface area contributed by atoms with Crippen molar-refractivity contribution >= 4 is 29.9 Å². The van der Waals surface area contributed by atoms with Crippen molar-refractivity contribution in [1.29, 1.82) is 0 Å². The molecule has 1 aromatic carbocycles. The van der Waals surface area contributed by atoms with Crippen LogP contribution in [0.2, 0.25) is 0 Å². The Hall–Kier alpha value is -1.06. The smallest absolute Gasteiger partial charge is 0.191 e. The molecule has 0 bridgehead atoms. The van der Waals surface area contributed by atoms with Crippen molar-refractivity contribution in [3.05, 3.63) is 29.8 Å². The second kappa shape index (κ2) is 14.4. The number of nitrogens with zero attached hydrogens (tertiary/aromatic N) is 2. The first-order chi connectivity index (χ1) is 15.6. The van der Waals surface area contributed by atoms with Gasteiger partial charge in [0.05, 0.1) is 7.11 Å². The van der Waals surface area contributed by atoms with Gasteiger partial charge in [0.2, 0.25) is 0 Å². The van der Waals surface area contributed by atoms with Gasteiger partial charge in [-0.1, -0.05) is 31.4 Å². The van der Waals surface area contributed by atoms with E-state index in [1.165, 1.54) is 50.5 Å². The van der Waals surface area contributed by atoms with E-state index in [0.717, 1.165) is 44.3 Å². The van der Waals surface area contributed by atoms with Crippen LogP contribution in [0.3, 0.4) is 0 Å². The first-order valence-corrected chi connectivity index (χ1v) is 12.6. The molecule has 0 radical (unpaired) electrons. The second-order valence-electron chi connectivity index (χ2n) is 9.71. The van der Waals surface area contributed by atoms with Gasteiger partial charge in [0.25, 0.3) is 0 Å². The molecule has 2 aliphatic rings. The number of aliphatic hydroxyl groups excluding tert-OH is 1. The number of hydrogen-bond acceptors (Lipinski definition) is 4. The minimum atomic E-state index is 0. The standard InChI is InChI=1S/C26H44N4O2.HI/c1-4-27-25(29-20-26(16-18-31)14-6-5-7-15-26)28-19-22-9-8-17-30(2)24(22)21-10-12-23(32-3)13-11-21;/h10-13,22,24,31H,4-9,14-20H2,1-3H3,(H2,27,28,29);1H. The maximum absolute atomic E-state index is 9.63. The highest BCUT2D eigenvalue weighted by atomic mass is 127. The van der Waals surface area contributed by atoms with Crippen molar-refractivity contribution in [2.24, 2.45) is 16.3 Å². The molecule has 3 N–H and O–H groups in total. The fourth-order valence-electron chi connectivity index (χ4n) is 5.64. The summed E-state index contributed by atoms with van der Waals surface area (Å²) in [6.45, 7) is 6.07. The average molecular weight is 573 g/mol. The molecule has 0 amide bonds. The molecule has 2 unspecified atom stereocenters. The van der Waals surface area contributed by atoms with Crippen molar-refractivity contribution in [2.45, 2.75) is 64.3 Å². The number of piperidine rings is 1. The van der Waals surface area contributed by atoms with E-state index >= 15 is 0 Å². The van der Waals surface area contributed by atoms with Crippen molar-refractivity contribution in [2.75, 3.05) is 46.9 Å². The van der Waals surface area contributed by atoms with Gasteiger partial charge in [0.1, 0.15) is 5.75 Å². The number of methoxy groups -OCH3 is 1. The SMILES string of the molecule is CCNC(=NCC1(CCO)CCCCC1)NCC1CCCN(C)C1c1ccc(OC)cc1.I. The van der Waals surface area contributed by atoms with Crippen LogP contribution in [0.4, 0.5) is 0 Å². The third-order valence-electron chi connectivity index (χ3n) is 7.47. The quantitative estimate of drug-likeness (QED) is 0.230. The number of aliphatic hydroxyl groups is 1. The van der Waals surface area contributed by atoms with E-state index in [1.807, 2.05) is 0 Å². The molecule has 1 saturated carbocycles. The molecular weight excluding hydrogens is 527 g/mol. The first kappa shape index (κ1) is 28.2. The largest absolute Gasteiger partial charge is 0.497 e. The fourth-order valence-corrected chi connectivity index (χ4v) is 5.64. The summed E-state index contributed by atoms with van der Waals surface area (Å²) in [6.07, 6.45) is 9.51. The van der Waals surface area contributed by atoms with E-state index < -0.39 is 0 Å². The third kappa shape index (κ3) is 7.99. The Labute approximate surface area is 218 Å². The van der Waals surface area contributed by atoms with Crippen LogP contribution < -0.4 is 15.4 Å². The Morgan fingerprint density at radius 2 is 1.88 bits per heavy atom. The number of guanidine groups is 1. The summed E-state index contributed by atoms with van der Waals surface area (Å²) in [4.78, 5) is 7.49. The zero-order valence-electron chi connectivity index (χ0n) is 20.8. The number of hydrogen-bond donors (Lipinski definition) is 3. The van der Waals surface area contributed by atoms with Crippen molar-refractivity contribution in [3.63, 3.8) is 0 Å². The minimum Gasteiger partial charge on any atom is -0.497 e. The van der Waals surface area contributed by atoms with Crippen LogP contribution in [0, 0.1) is 11.3 Å². The lowest BCUT2D eigenvalue weighted by atomic mass is 9.72. The molecule has 188 valence electrons. The monoisotopic (exact) mass is 572 g/mol. The van der Waals surface area contributed by atoms with E-state index in [4.69, 9.17) is 9.73 Å². The van der Waals surface area contributed by atoms with Gasteiger partial charge in [-0.2, -0.15) is 0 Å². The Morgan fingerprint density at radius 3 is 2.52 bits per heavy atom. The molecule has 2 atom stereocenters. The van der Waals surface area contributed by atoms with Crippen LogP contribution in [0.5, 0.6) is 5.75 Å². The van der Waals surface area contributed by atoms with E-state index in [-0.39, 0.29) is 36.0 Å². The number of halogens is 1. The summed E-state index contributed by atoms with van der Waals surface area (Å²) < 4.78 is 5.35. The molecule has 0 aromatic heterocycles. The minimum absolute atomic E-state index is 0. The summed E-state index contributed by atoms with van der Waals surface area (Å²) in [5.74, 6) is 2.34. The molecule has 3 rings (SSSR count). The molecule has 33 heavy (non-hydrogen) atoms. The topological polar surface area (TPSA) is 69.1 Å². The van der Waals surface area contributed by atoms with Crippen molar-refractivity contribution in [3.8, 4) is 5.75 Å². The van der Waals surface area contributed by atoms with Gasteiger partial charge in [-0.15, -0.1) is 24.0 Å². The lowest BCUT2D eigenvalue weighted by molar-refractivity contribution is 0.122. The highest BCUT2D eigenvalue weighted by molar-refractivity contribution is 14.0. The van der Waals surface area contributed by atoms with E-state index in [9.17, 15) is 5.11 Å². The number of rotatable bonds is 9. The molecule has 1 aliphatic heterocycles. The van der Waals surface area contributed by atoms with Crippen LogP contribution in [0.1, 0.15) is 69.9 Å². The van der Waals surface area contributed by atoms with E-state index in [1.54, 1.807) is 7.11 Å². The summed E-state index contributed by atoms with van der Waals surface area (Å²) in [7, 11) is 3.95. The Bertz CT molecular complexity index is 701. The molecule has 2 fully saturated rings. The fraction of sp³-hybridized carbons (Fsp3) is 0.731. The number of nitrogens with one attached hydrogen (secondary N) is 2. The highest BCUT2D eigenvalue weighted by Crippen LogP contribution is 2.39. The van der Waals surface area contributed by atoms with Gasteiger partial charge in [0, 0.05) is 32.3 Å². The first-order valence-electron chi connectivity index (χ1n) is 12.6. The average Bonchev–Trinajstić information content (AvgIpc) is 2.82. The Kier molecular flexibility index (Phi) is 12.3. The van der Waals surface area contributed by atoms with Gasteiger partial charge < -0.3 is 20.5 Å². The zero-order chi connectivity index (χ0) is 22.8. The lowest BCUT2D eigenvalue weighted by Crippen LogP contribution is -2.45. The maximum atomic E-state index is 9.63. The van der Waals surface area contributed by atoms with E-state index in [2.05, 4.69) is 53.8 Å². The van der Waals surface area contributed by atoms with Crippen LogP contribution in [-0.4, -0.2) is 62.9 Å². The van der Waals surface area contributed by atoms with Crippen LogP contribution >= 0.6 is 24.0 Å². The van der Waals surface area contributed by atoms with Crippen LogP contribution in [0.15, 0.2) is 29.3 Å². The molecule has 0 spiro atoms. The number of aliphatic imine (C=N–C) groups is 1. The summed E-state index contributed by atoms with van der Waals surface area (Å²) in [5.41, 5.74) is 1.53. The molecule has 1 aromatic rings. The highest BCUT2D eigenvalue weighted by Gasteiger charge is 2.32. The number of ether oxygens (including phenoxy) is 1. The van der Waals surface area contributed by atoms with Gasteiger partial charge >= 0.3 is 0 Å². The zero-order valence-corrected chi connectivity index (χ0v) is 23.1. The predicted octanol–water partition coefficient (Wildman–Crippen LogP) is 4.58. The Balaban J connectivity index is 0.00000385.